The summed E-state index contributed by atoms with van der Waals surface area (Å²) in [6, 6.07) is 3.55. The quantitative estimate of drug-likeness (QED) is 0.530. The maximum atomic E-state index is 13.3. The van der Waals surface area contributed by atoms with E-state index in [1.165, 1.54) is 17.5 Å². The molecule has 0 aliphatic rings. The number of halogens is 6. The zero-order valence-electron chi connectivity index (χ0n) is 12.8. The Morgan fingerprint density at radius 1 is 1.26 bits per heavy atom. The Morgan fingerprint density at radius 3 is 2.52 bits per heavy atom. The Morgan fingerprint density at radius 2 is 1.96 bits per heavy atom. The van der Waals surface area contributed by atoms with Crippen molar-refractivity contribution in [1.29, 1.82) is 0 Å². The Balaban J connectivity index is 2.12. The van der Waals surface area contributed by atoms with Crippen LogP contribution in [0.1, 0.15) is 11.4 Å². The summed E-state index contributed by atoms with van der Waals surface area (Å²) < 4.78 is 81.0. The summed E-state index contributed by atoms with van der Waals surface area (Å²) in [5, 5.41) is 4.79. The SMILES string of the molecule is O=C(OCc1cc(=O)n2nc(C(F)(F)F)c(-c3cccs3)c2[nH]1)C(F)(F)F. The number of hydrogen-bond donors (Lipinski definition) is 1. The van der Waals surface area contributed by atoms with Gasteiger partial charge in [0.15, 0.2) is 5.69 Å². The highest BCUT2D eigenvalue weighted by atomic mass is 32.1. The van der Waals surface area contributed by atoms with E-state index in [1.807, 2.05) is 0 Å². The monoisotopic (exact) mass is 411 g/mol. The van der Waals surface area contributed by atoms with Gasteiger partial charge in [0.25, 0.3) is 5.56 Å². The predicted molar refractivity (Wildman–Crippen MR) is 80.0 cm³/mol. The smallest absolute Gasteiger partial charge is 0.453 e. The van der Waals surface area contributed by atoms with E-state index in [1.54, 1.807) is 0 Å². The lowest BCUT2D eigenvalue weighted by Crippen LogP contribution is -2.26. The Hall–Kier alpha value is -2.83. The maximum absolute atomic E-state index is 13.3. The molecule has 13 heteroatoms. The fourth-order valence-corrected chi connectivity index (χ4v) is 3.02. The van der Waals surface area contributed by atoms with E-state index in [2.05, 4.69) is 14.8 Å². The highest BCUT2D eigenvalue weighted by Gasteiger charge is 2.41. The number of H-pyrrole nitrogens is 1. The number of aromatic nitrogens is 3. The van der Waals surface area contributed by atoms with Crippen molar-refractivity contribution in [3.05, 3.63) is 45.3 Å². The molecule has 0 saturated heterocycles. The molecule has 3 rings (SSSR count). The van der Waals surface area contributed by atoms with Crippen LogP contribution in [0, 0.1) is 0 Å². The summed E-state index contributed by atoms with van der Waals surface area (Å²) in [6.45, 7) is -0.986. The highest BCUT2D eigenvalue weighted by Crippen LogP contribution is 2.39. The first-order chi connectivity index (χ1) is 12.5. The third-order valence-electron chi connectivity index (χ3n) is 3.30. The fourth-order valence-electron chi connectivity index (χ4n) is 2.25. The van der Waals surface area contributed by atoms with Crippen molar-refractivity contribution < 1.29 is 35.9 Å². The van der Waals surface area contributed by atoms with Gasteiger partial charge in [0.05, 0.1) is 11.3 Å². The van der Waals surface area contributed by atoms with Gasteiger partial charge >= 0.3 is 18.3 Å². The second kappa shape index (κ2) is 6.40. The van der Waals surface area contributed by atoms with Gasteiger partial charge in [0.2, 0.25) is 0 Å². The molecule has 0 saturated carbocycles. The third kappa shape index (κ3) is 3.67. The van der Waals surface area contributed by atoms with Crippen LogP contribution in [0.3, 0.4) is 0 Å². The average molecular weight is 411 g/mol. The molecule has 0 aromatic carbocycles. The summed E-state index contributed by atoms with van der Waals surface area (Å²) >= 11 is 0.950. The number of nitrogens with zero attached hydrogens (tertiary/aromatic N) is 2. The van der Waals surface area contributed by atoms with Crippen LogP contribution in [0.25, 0.3) is 16.1 Å². The minimum atomic E-state index is -5.24. The number of nitrogens with one attached hydrogen (secondary N) is 1. The molecule has 0 bridgehead atoms. The standard InChI is InChI=1S/C14H7F6N3O3S/c15-13(16,17)10-9(7-2-1-3-27-7)11-21-6(4-8(24)23(11)22-10)5-26-12(25)14(18,19)20/h1-4,21H,5H2. The zero-order valence-corrected chi connectivity index (χ0v) is 13.6. The van der Waals surface area contributed by atoms with Gasteiger partial charge in [-0.2, -0.15) is 36.0 Å². The topological polar surface area (TPSA) is 76.5 Å². The minimum Gasteiger partial charge on any atom is -0.453 e. The van der Waals surface area contributed by atoms with Gasteiger partial charge in [-0.15, -0.1) is 11.3 Å². The first-order valence-electron chi connectivity index (χ1n) is 6.98. The Bertz CT molecular complexity index is 1050. The van der Waals surface area contributed by atoms with Crippen LogP contribution < -0.4 is 5.56 Å². The lowest BCUT2D eigenvalue weighted by molar-refractivity contribution is -0.201. The molecule has 27 heavy (non-hydrogen) atoms. The highest BCUT2D eigenvalue weighted by molar-refractivity contribution is 7.13. The number of hydrogen-bond acceptors (Lipinski definition) is 5. The number of thiophene rings is 1. The molecule has 0 unspecified atom stereocenters. The number of alkyl halides is 6. The summed E-state index contributed by atoms with van der Waals surface area (Å²) in [6.07, 6.45) is -10.1. The predicted octanol–water partition coefficient (Wildman–Crippen LogP) is 3.38. The number of ether oxygens (including phenoxy) is 1. The van der Waals surface area contributed by atoms with Crippen LogP contribution in [0.15, 0.2) is 28.4 Å². The van der Waals surface area contributed by atoms with Crippen LogP contribution >= 0.6 is 11.3 Å². The van der Waals surface area contributed by atoms with E-state index in [0.29, 0.717) is 10.6 Å². The molecule has 144 valence electrons. The largest absolute Gasteiger partial charge is 0.490 e. The number of carbonyl (C=O) groups excluding carboxylic acids is 1. The molecule has 1 N–H and O–H groups in total. The molecule has 0 radical (unpaired) electrons. The van der Waals surface area contributed by atoms with Crippen molar-refractivity contribution in [3.63, 3.8) is 0 Å². The molecule has 0 aliphatic carbocycles. The van der Waals surface area contributed by atoms with E-state index in [4.69, 9.17) is 0 Å². The van der Waals surface area contributed by atoms with Crippen molar-refractivity contribution in [2.75, 3.05) is 0 Å². The number of esters is 1. The molecule has 0 aliphatic heterocycles. The lowest BCUT2D eigenvalue weighted by atomic mass is 10.2. The van der Waals surface area contributed by atoms with Crippen molar-refractivity contribution in [2.24, 2.45) is 0 Å². The van der Waals surface area contributed by atoms with Gasteiger partial charge in [-0.25, -0.2) is 4.79 Å². The summed E-state index contributed by atoms with van der Waals surface area (Å²) in [7, 11) is 0. The number of carbonyl (C=O) groups is 1. The van der Waals surface area contributed by atoms with Crippen LogP contribution in [0.5, 0.6) is 0 Å². The molecule has 0 fully saturated rings. The summed E-state index contributed by atoms with van der Waals surface area (Å²) in [5.41, 5.74) is -3.50. The van der Waals surface area contributed by atoms with E-state index in [0.717, 1.165) is 11.3 Å². The van der Waals surface area contributed by atoms with Crippen molar-refractivity contribution in [2.45, 2.75) is 19.0 Å². The summed E-state index contributed by atoms with van der Waals surface area (Å²) in [5.74, 6) is -2.49. The molecular weight excluding hydrogens is 404 g/mol. The van der Waals surface area contributed by atoms with E-state index in [9.17, 15) is 35.9 Å². The second-order valence-electron chi connectivity index (χ2n) is 5.17. The Labute approximate surface area is 149 Å². The van der Waals surface area contributed by atoms with Crippen LogP contribution in [-0.4, -0.2) is 26.7 Å². The van der Waals surface area contributed by atoms with Gasteiger partial charge in [0.1, 0.15) is 12.3 Å². The summed E-state index contributed by atoms with van der Waals surface area (Å²) in [4.78, 5) is 25.4. The van der Waals surface area contributed by atoms with E-state index in [-0.39, 0.29) is 16.2 Å². The fraction of sp³-hybridized carbons (Fsp3) is 0.214. The normalized spacial score (nSPS) is 12.5. The zero-order chi connectivity index (χ0) is 20.0. The third-order valence-corrected chi connectivity index (χ3v) is 4.18. The molecule has 3 aromatic rings. The molecule has 3 aromatic heterocycles. The van der Waals surface area contributed by atoms with Crippen molar-refractivity contribution >= 4 is 23.0 Å². The number of rotatable bonds is 3. The van der Waals surface area contributed by atoms with Crippen LogP contribution in [-0.2, 0) is 22.3 Å². The maximum Gasteiger partial charge on any atom is 0.490 e. The number of fused-ring (bicyclic) bond motifs is 1. The first-order valence-corrected chi connectivity index (χ1v) is 7.86. The van der Waals surface area contributed by atoms with Gasteiger partial charge in [-0.3, -0.25) is 4.79 Å². The Kier molecular flexibility index (Phi) is 4.49. The van der Waals surface area contributed by atoms with Gasteiger partial charge in [-0.05, 0) is 11.4 Å². The molecule has 0 amide bonds. The van der Waals surface area contributed by atoms with Crippen LogP contribution in [0.4, 0.5) is 26.3 Å². The molecule has 0 atom stereocenters. The molecule has 3 heterocycles. The van der Waals surface area contributed by atoms with Gasteiger partial charge in [-0.1, -0.05) is 6.07 Å². The molecular formula is C14H7F6N3O3S. The number of aromatic amines is 1. The first kappa shape index (κ1) is 18.9. The van der Waals surface area contributed by atoms with Crippen molar-refractivity contribution in [3.8, 4) is 10.4 Å². The molecule has 0 spiro atoms. The van der Waals surface area contributed by atoms with Crippen LogP contribution in [0.2, 0.25) is 0 Å². The average Bonchev–Trinajstić information content (AvgIpc) is 3.17. The van der Waals surface area contributed by atoms with E-state index < -0.39 is 41.7 Å². The van der Waals surface area contributed by atoms with Gasteiger partial charge in [0, 0.05) is 10.9 Å². The lowest BCUT2D eigenvalue weighted by Gasteiger charge is -2.08. The van der Waals surface area contributed by atoms with Crippen molar-refractivity contribution in [1.82, 2.24) is 14.6 Å². The molecule has 6 nitrogen and oxygen atoms in total. The van der Waals surface area contributed by atoms with E-state index >= 15 is 0 Å². The second-order valence-corrected chi connectivity index (χ2v) is 6.11. The van der Waals surface area contributed by atoms with Gasteiger partial charge < -0.3 is 9.72 Å². The minimum absolute atomic E-state index is 0.136.